The van der Waals surface area contributed by atoms with Gasteiger partial charge in [0, 0.05) is 17.2 Å². The van der Waals surface area contributed by atoms with Crippen molar-refractivity contribution in [3.63, 3.8) is 0 Å². The van der Waals surface area contributed by atoms with E-state index >= 15 is 0 Å². The lowest BCUT2D eigenvalue weighted by Gasteiger charge is -2.10. The van der Waals surface area contributed by atoms with E-state index in [4.69, 9.17) is 25.8 Å². The topological polar surface area (TPSA) is 53.5 Å². The molecule has 0 N–H and O–H groups in total. The monoisotopic (exact) mass is 356 g/mol. The van der Waals surface area contributed by atoms with Gasteiger partial charge in [-0.05, 0) is 42.5 Å². The smallest absolute Gasteiger partial charge is 0.161 e. The molecule has 0 saturated heterocycles. The summed E-state index contributed by atoms with van der Waals surface area (Å²) in [5, 5.41) is 0.366. The average Bonchev–Trinajstić information content (AvgIpc) is 2.67. The number of benzene rings is 2. The van der Waals surface area contributed by atoms with Crippen LogP contribution in [-0.2, 0) is 0 Å². The number of aromatic nitrogens is 2. The van der Waals surface area contributed by atoms with Crippen molar-refractivity contribution in [1.29, 1.82) is 0 Å². The Morgan fingerprint density at radius 1 is 0.720 bits per heavy atom. The van der Waals surface area contributed by atoms with Crippen LogP contribution in [0.5, 0.6) is 17.2 Å². The van der Waals surface area contributed by atoms with E-state index in [0.717, 1.165) is 22.6 Å². The molecule has 2 aromatic carbocycles. The van der Waals surface area contributed by atoms with Gasteiger partial charge in [0.1, 0.15) is 10.9 Å². The van der Waals surface area contributed by atoms with Crippen molar-refractivity contribution in [2.45, 2.75) is 0 Å². The van der Waals surface area contributed by atoms with E-state index in [9.17, 15) is 0 Å². The summed E-state index contributed by atoms with van der Waals surface area (Å²) in [5.41, 5.74) is 2.44. The molecule has 25 heavy (non-hydrogen) atoms. The average molecular weight is 357 g/mol. The molecule has 128 valence electrons. The van der Waals surface area contributed by atoms with Gasteiger partial charge in [-0.15, -0.1) is 0 Å². The van der Waals surface area contributed by atoms with Gasteiger partial charge in [-0.1, -0.05) is 11.6 Å². The zero-order valence-corrected chi connectivity index (χ0v) is 14.9. The van der Waals surface area contributed by atoms with Gasteiger partial charge >= 0.3 is 0 Å². The van der Waals surface area contributed by atoms with E-state index in [1.807, 2.05) is 42.5 Å². The number of ether oxygens (including phenoxy) is 3. The van der Waals surface area contributed by atoms with E-state index < -0.39 is 0 Å². The van der Waals surface area contributed by atoms with Crippen LogP contribution >= 0.6 is 11.6 Å². The van der Waals surface area contributed by atoms with Crippen LogP contribution in [0.1, 0.15) is 0 Å². The molecule has 0 fully saturated rings. The van der Waals surface area contributed by atoms with Crippen LogP contribution in [0.15, 0.2) is 48.5 Å². The van der Waals surface area contributed by atoms with Gasteiger partial charge in [-0.3, -0.25) is 0 Å². The summed E-state index contributed by atoms with van der Waals surface area (Å²) in [6, 6.07) is 14.8. The summed E-state index contributed by atoms with van der Waals surface area (Å²) >= 11 is 6.21. The first-order valence-electron chi connectivity index (χ1n) is 7.56. The first kappa shape index (κ1) is 17.0. The Balaban J connectivity index is 2.04. The van der Waals surface area contributed by atoms with Crippen molar-refractivity contribution >= 4 is 11.6 Å². The zero-order valence-electron chi connectivity index (χ0n) is 14.1. The Kier molecular flexibility index (Phi) is 5.05. The second-order valence-electron chi connectivity index (χ2n) is 5.20. The minimum absolute atomic E-state index is 0.366. The predicted molar refractivity (Wildman–Crippen MR) is 97.6 cm³/mol. The fraction of sp³-hybridized carbons (Fsp3) is 0.158. The Hall–Kier alpha value is -2.79. The molecule has 0 radical (unpaired) electrons. The molecule has 0 aliphatic heterocycles. The fourth-order valence-corrected chi connectivity index (χ4v) is 2.62. The highest BCUT2D eigenvalue weighted by Gasteiger charge is 2.11. The third-order valence-corrected chi connectivity index (χ3v) is 3.92. The predicted octanol–water partition coefficient (Wildman–Crippen LogP) is 4.49. The molecule has 0 unspecified atom stereocenters. The van der Waals surface area contributed by atoms with Crippen molar-refractivity contribution in [2.75, 3.05) is 21.3 Å². The van der Waals surface area contributed by atoms with Gasteiger partial charge in [-0.25, -0.2) is 9.97 Å². The van der Waals surface area contributed by atoms with Gasteiger partial charge in [-0.2, -0.15) is 0 Å². The summed E-state index contributed by atoms with van der Waals surface area (Å²) in [4.78, 5) is 8.96. The molecule has 6 heteroatoms. The zero-order chi connectivity index (χ0) is 17.8. The molecule has 5 nitrogen and oxygen atoms in total. The van der Waals surface area contributed by atoms with Crippen LogP contribution in [0.2, 0.25) is 5.15 Å². The maximum atomic E-state index is 6.21. The van der Waals surface area contributed by atoms with Gasteiger partial charge in [0.05, 0.1) is 27.0 Å². The molecular formula is C19H17ClN2O3. The second kappa shape index (κ2) is 7.40. The maximum absolute atomic E-state index is 6.21. The molecule has 0 bridgehead atoms. The van der Waals surface area contributed by atoms with Crippen LogP contribution < -0.4 is 14.2 Å². The molecule has 0 atom stereocenters. The second-order valence-corrected chi connectivity index (χ2v) is 5.59. The summed E-state index contributed by atoms with van der Waals surface area (Å²) in [6.07, 6.45) is 0. The Morgan fingerprint density at radius 2 is 1.40 bits per heavy atom. The molecule has 0 amide bonds. The maximum Gasteiger partial charge on any atom is 0.161 e. The lowest BCUT2D eigenvalue weighted by atomic mass is 10.1. The number of nitrogens with zero attached hydrogens (tertiary/aromatic N) is 2. The van der Waals surface area contributed by atoms with E-state index in [0.29, 0.717) is 22.5 Å². The first-order valence-corrected chi connectivity index (χ1v) is 7.94. The van der Waals surface area contributed by atoms with Crippen molar-refractivity contribution < 1.29 is 14.2 Å². The number of halogens is 1. The van der Waals surface area contributed by atoms with E-state index in [1.54, 1.807) is 27.4 Å². The quantitative estimate of drug-likeness (QED) is 0.630. The highest BCUT2D eigenvalue weighted by atomic mass is 35.5. The Labute approximate surface area is 151 Å². The van der Waals surface area contributed by atoms with E-state index in [2.05, 4.69) is 9.97 Å². The Bertz CT molecular complexity index is 882. The van der Waals surface area contributed by atoms with Crippen molar-refractivity contribution in [2.24, 2.45) is 0 Å². The molecule has 0 saturated carbocycles. The molecule has 3 aromatic rings. The lowest BCUT2D eigenvalue weighted by Crippen LogP contribution is -1.95. The van der Waals surface area contributed by atoms with Crippen LogP contribution in [0.25, 0.3) is 22.6 Å². The Morgan fingerprint density at radius 3 is 2.04 bits per heavy atom. The minimum Gasteiger partial charge on any atom is -0.497 e. The van der Waals surface area contributed by atoms with Crippen LogP contribution in [0.3, 0.4) is 0 Å². The molecule has 1 heterocycles. The molecule has 0 aliphatic rings. The lowest BCUT2D eigenvalue weighted by molar-refractivity contribution is 0.355. The summed E-state index contributed by atoms with van der Waals surface area (Å²) in [5.74, 6) is 2.54. The van der Waals surface area contributed by atoms with Gasteiger partial charge < -0.3 is 14.2 Å². The summed E-state index contributed by atoms with van der Waals surface area (Å²) in [7, 11) is 4.81. The highest BCUT2D eigenvalue weighted by molar-refractivity contribution is 6.29. The molecular weight excluding hydrogens is 340 g/mol. The number of hydrogen-bond donors (Lipinski definition) is 0. The molecule has 0 aliphatic carbocycles. The first-order chi connectivity index (χ1) is 12.1. The van der Waals surface area contributed by atoms with Gasteiger partial charge in [0.25, 0.3) is 0 Å². The third kappa shape index (κ3) is 3.67. The third-order valence-electron chi connectivity index (χ3n) is 3.72. The van der Waals surface area contributed by atoms with Crippen LogP contribution in [-0.4, -0.2) is 31.3 Å². The van der Waals surface area contributed by atoms with Crippen molar-refractivity contribution in [3.8, 4) is 39.9 Å². The summed E-state index contributed by atoms with van der Waals surface area (Å²) in [6.45, 7) is 0. The highest BCUT2D eigenvalue weighted by Crippen LogP contribution is 2.32. The number of methoxy groups -OCH3 is 3. The van der Waals surface area contributed by atoms with Gasteiger partial charge in [0.2, 0.25) is 0 Å². The number of rotatable bonds is 5. The summed E-state index contributed by atoms with van der Waals surface area (Å²) < 4.78 is 15.8. The van der Waals surface area contributed by atoms with Crippen LogP contribution in [0, 0.1) is 0 Å². The molecule has 3 rings (SSSR count). The molecule has 0 spiro atoms. The van der Waals surface area contributed by atoms with Crippen LogP contribution in [0.4, 0.5) is 0 Å². The van der Waals surface area contributed by atoms with E-state index in [1.165, 1.54) is 0 Å². The van der Waals surface area contributed by atoms with Crippen molar-refractivity contribution in [3.05, 3.63) is 53.7 Å². The standard InChI is InChI=1S/C19H17ClN2O3/c1-23-14-7-4-12(5-8-14)15-11-18(20)22-19(21-15)13-6-9-16(24-2)17(10-13)25-3/h4-11H,1-3H3. The fourth-order valence-electron chi connectivity index (χ4n) is 2.43. The normalized spacial score (nSPS) is 10.4. The van der Waals surface area contributed by atoms with Crippen molar-refractivity contribution in [1.82, 2.24) is 9.97 Å². The minimum atomic E-state index is 0.366. The molecule has 1 aromatic heterocycles. The largest absolute Gasteiger partial charge is 0.497 e. The van der Waals surface area contributed by atoms with E-state index in [-0.39, 0.29) is 0 Å². The SMILES string of the molecule is COc1ccc(-c2cc(Cl)nc(-c3ccc(OC)c(OC)c3)n2)cc1. The number of hydrogen-bond acceptors (Lipinski definition) is 5. The van der Waals surface area contributed by atoms with Gasteiger partial charge in [0.15, 0.2) is 17.3 Å².